The number of halogens is 1. The number of aliphatic hydroxyl groups excluding tert-OH is 2. The third-order valence-corrected chi connectivity index (χ3v) is 4.91. The lowest BCUT2D eigenvalue weighted by molar-refractivity contribution is -0.139. The van der Waals surface area contributed by atoms with Crippen LogP contribution < -0.4 is 9.47 Å². The van der Waals surface area contributed by atoms with E-state index in [1.165, 1.54) is 25.3 Å². The van der Waals surface area contributed by atoms with E-state index in [1.807, 2.05) is 19.9 Å². The number of methoxy groups -OCH3 is 2. The molecule has 0 bridgehead atoms. The van der Waals surface area contributed by atoms with E-state index < -0.39 is 24.6 Å². The summed E-state index contributed by atoms with van der Waals surface area (Å²) in [6.07, 6.45) is 0.449. The summed E-state index contributed by atoms with van der Waals surface area (Å²) in [5.74, 6) is -0.411. The average molecular weight is 432 g/mol. The SMILES string of the molecule is COc1cc(C(C)C)c(C=CC(O)CC(O)CC(=O)O)c(-c2ccc(F)cc2)c1OC. The molecule has 2 unspecified atom stereocenters. The number of hydrogen-bond acceptors (Lipinski definition) is 5. The zero-order valence-electron chi connectivity index (χ0n) is 18.1. The first-order chi connectivity index (χ1) is 14.7. The second-order valence-corrected chi connectivity index (χ2v) is 7.57. The number of rotatable bonds is 10. The molecular formula is C24H29FO6. The van der Waals surface area contributed by atoms with Gasteiger partial charge in [-0.25, -0.2) is 4.39 Å². The molecule has 0 aliphatic heterocycles. The van der Waals surface area contributed by atoms with Gasteiger partial charge >= 0.3 is 5.97 Å². The van der Waals surface area contributed by atoms with E-state index >= 15 is 0 Å². The van der Waals surface area contributed by atoms with Gasteiger partial charge in [0, 0.05) is 12.0 Å². The second-order valence-electron chi connectivity index (χ2n) is 7.57. The average Bonchev–Trinajstić information content (AvgIpc) is 2.70. The molecule has 31 heavy (non-hydrogen) atoms. The van der Waals surface area contributed by atoms with E-state index in [-0.39, 0.29) is 18.2 Å². The normalized spacial score (nSPS) is 13.4. The van der Waals surface area contributed by atoms with Crippen LogP contribution in [-0.4, -0.2) is 47.7 Å². The third-order valence-electron chi connectivity index (χ3n) is 4.91. The Balaban J connectivity index is 2.60. The highest BCUT2D eigenvalue weighted by molar-refractivity contribution is 5.85. The molecule has 3 N–H and O–H groups in total. The van der Waals surface area contributed by atoms with Crippen LogP contribution in [0.3, 0.4) is 0 Å². The minimum atomic E-state index is -1.16. The summed E-state index contributed by atoms with van der Waals surface area (Å²) in [5.41, 5.74) is 3.07. The molecule has 168 valence electrons. The zero-order valence-corrected chi connectivity index (χ0v) is 18.1. The minimum absolute atomic E-state index is 0.0911. The first kappa shape index (κ1) is 24.4. The van der Waals surface area contributed by atoms with Crippen LogP contribution in [0.4, 0.5) is 4.39 Å². The Labute approximate surface area is 181 Å². The van der Waals surface area contributed by atoms with Crippen molar-refractivity contribution in [2.45, 2.75) is 44.8 Å². The fourth-order valence-electron chi connectivity index (χ4n) is 3.44. The lowest BCUT2D eigenvalue weighted by Crippen LogP contribution is -2.19. The lowest BCUT2D eigenvalue weighted by Gasteiger charge is -2.21. The number of hydrogen-bond donors (Lipinski definition) is 3. The molecule has 0 amide bonds. The molecule has 0 heterocycles. The van der Waals surface area contributed by atoms with Gasteiger partial charge in [0.2, 0.25) is 0 Å². The van der Waals surface area contributed by atoms with Crippen LogP contribution in [0.15, 0.2) is 36.4 Å². The van der Waals surface area contributed by atoms with Crippen LogP contribution in [0.2, 0.25) is 0 Å². The molecule has 0 aromatic heterocycles. The number of aliphatic hydroxyl groups is 2. The second kappa shape index (κ2) is 10.9. The lowest BCUT2D eigenvalue weighted by atomic mass is 9.88. The largest absolute Gasteiger partial charge is 0.493 e. The van der Waals surface area contributed by atoms with Crippen molar-refractivity contribution in [3.05, 3.63) is 53.4 Å². The van der Waals surface area contributed by atoms with Crippen molar-refractivity contribution in [1.82, 2.24) is 0 Å². The minimum Gasteiger partial charge on any atom is -0.493 e. The number of ether oxygens (including phenoxy) is 2. The number of benzene rings is 2. The predicted octanol–water partition coefficient (Wildman–Crippen LogP) is 4.23. The van der Waals surface area contributed by atoms with Gasteiger partial charge in [-0.2, -0.15) is 0 Å². The van der Waals surface area contributed by atoms with Gasteiger partial charge in [-0.1, -0.05) is 38.1 Å². The molecule has 0 radical (unpaired) electrons. The molecule has 2 rings (SSSR count). The van der Waals surface area contributed by atoms with Crippen molar-refractivity contribution in [1.29, 1.82) is 0 Å². The molecular weight excluding hydrogens is 403 g/mol. The molecule has 2 atom stereocenters. The van der Waals surface area contributed by atoms with Crippen molar-refractivity contribution in [3.8, 4) is 22.6 Å². The highest BCUT2D eigenvalue weighted by atomic mass is 19.1. The molecule has 0 saturated heterocycles. The molecule has 0 aliphatic rings. The topological polar surface area (TPSA) is 96.2 Å². The maximum Gasteiger partial charge on any atom is 0.305 e. The Morgan fingerprint density at radius 1 is 1.13 bits per heavy atom. The van der Waals surface area contributed by atoms with Crippen molar-refractivity contribution in [2.24, 2.45) is 0 Å². The maximum absolute atomic E-state index is 13.5. The van der Waals surface area contributed by atoms with Crippen LogP contribution in [0.1, 0.15) is 43.7 Å². The van der Waals surface area contributed by atoms with Crippen LogP contribution in [0, 0.1) is 5.82 Å². The third kappa shape index (κ3) is 6.29. The number of carboxylic acids is 1. The standard InChI is InChI=1S/C24H29FO6/c1-14(2)20-13-21(30-3)24(31-4)23(15-5-7-16(25)8-6-15)19(20)10-9-17(26)11-18(27)12-22(28)29/h5-10,13-14,17-18,26-27H,11-12H2,1-4H3,(H,28,29). The van der Waals surface area contributed by atoms with Gasteiger partial charge in [-0.15, -0.1) is 0 Å². The summed E-state index contributed by atoms with van der Waals surface area (Å²) in [7, 11) is 3.06. The molecule has 2 aromatic rings. The fourth-order valence-corrected chi connectivity index (χ4v) is 3.44. The quantitative estimate of drug-likeness (QED) is 0.520. The van der Waals surface area contributed by atoms with Gasteiger partial charge in [-0.3, -0.25) is 4.79 Å². The Hall–Kier alpha value is -2.90. The highest BCUT2D eigenvalue weighted by Gasteiger charge is 2.22. The highest BCUT2D eigenvalue weighted by Crippen LogP contribution is 2.45. The number of carbonyl (C=O) groups is 1. The molecule has 7 heteroatoms. The Morgan fingerprint density at radius 2 is 1.77 bits per heavy atom. The van der Waals surface area contributed by atoms with Crippen LogP contribution >= 0.6 is 0 Å². The Bertz CT molecular complexity index is 921. The van der Waals surface area contributed by atoms with Gasteiger partial charge in [0.05, 0.1) is 32.8 Å². The van der Waals surface area contributed by atoms with E-state index in [2.05, 4.69) is 0 Å². The van der Waals surface area contributed by atoms with Crippen LogP contribution in [0.25, 0.3) is 17.2 Å². The van der Waals surface area contributed by atoms with E-state index in [0.29, 0.717) is 22.6 Å². The van der Waals surface area contributed by atoms with E-state index in [1.54, 1.807) is 25.3 Å². The van der Waals surface area contributed by atoms with Gasteiger partial charge in [0.1, 0.15) is 5.82 Å². The summed E-state index contributed by atoms with van der Waals surface area (Å²) < 4.78 is 24.7. The summed E-state index contributed by atoms with van der Waals surface area (Å²) in [4.78, 5) is 10.7. The van der Waals surface area contributed by atoms with Gasteiger partial charge in [-0.05, 0) is 40.8 Å². The molecule has 0 aliphatic carbocycles. The molecule has 6 nitrogen and oxygen atoms in total. The summed E-state index contributed by atoms with van der Waals surface area (Å²) >= 11 is 0. The van der Waals surface area contributed by atoms with Gasteiger partial charge in [0.25, 0.3) is 0 Å². The van der Waals surface area contributed by atoms with Crippen molar-refractivity contribution in [3.63, 3.8) is 0 Å². The maximum atomic E-state index is 13.5. The Morgan fingerprint density at radius 3 is 2.29 bits per heavy atom. The number of carboxylic acid groups (broad SMARTS) is 1. The summed E-state index contributed by atoms with van der Waals surface area (Å²) in [5, 5.41) is 28.9. The van der Waals surface area contributed by atoms with Crippen molar-refractivity contribution in [2.75, 3.05) is 14.2 Å². The first-order valence-corrected chi connectivity index (χ1v) is 9.98. The predicted molar refractivity (Wildman–Crippen MR) is 117 cm³/mol. The van der Waals surface area contributed by atoms with Gasteiger partial charge < -0.3 is 24.8 Å². The molecule has 0 saturated carbocycles. The Kier molecular flexibility index (Phi) is 8.59. The van der Waals surface area contributed by atoms with Crippen LogP contribution in [-0.2, 0) is 4.79 Å². The zero-order chi connectivity index (χ0) is 23.1. The fraction of sp³-hybridized carbons (Fsp3) is 0.375. The molecule has 2 aromatic carbocycles. The van der Waals surface area contributed by atoms with Crippen molar-refractivity contribution < 1.29 is 34.0 Å². The first-order valence-electron chi connectivity index (χ1n) is 9.98. The van der Waals surface area contributed by atoms with Crippen molar-refractivity contribution >= 4 is 12.0 Å². The molecule has 0 spiro atoms. The number of aliphatic carboxylic acids is 1. The summed E-state index contributed by atoms with van der Waals surface area (Å²) in [6.45, 7) is 4.03. The van der Waals surface area contributed by atoms with E-state index in [4.69, 9.17) is 14.6 Å². The molecule has 0 fully saturated rings. The van der Waals surface area contributed by atoms with Gasteiger partial charge in [0.15, 0.2) is 11.5 Å². The van der Waals surface area contributed by atoms with Crippen LogP contribution in [0.5, 0.6) is 11.5 Å². The summed E-state index contributed by atoms with van der Waals surface area (Å²) in [6, 6.07) is 7.85. The smallest absolute Gasteiger partial charge is 0.305 e. The van der Waals surface area contributed by atoms with E-state index in [9.17, 15) is 19.4 Å². The van der Waals surface area contributed by atoms with E-state index in [0.717, 1.165) is 11.1 Å². The monoisotopic (exact) mass is 432 g/mol.